The van der Waals surface area contributed by atoms with E-state index in [4.69, 9.17) is 5.11 Å². The van der Waals surface area contributed by atoms with Crippen molar-refractivity contribution in [2.45, 2.75) is 13.5 Å². The lowest BCUT2D eigenvalue weighted by atomic mass is 10.2. The van der Waals surface area contributed by atoms with E-state index in [-0.39, 0.29) is 18.0 Å². The first-order valence-corrected chi connectivity index (χ1v) is 5.45. The van der Waals surface area contributed by atoms with Crippen LogP contribution < -0.4 is 5.32 Å². The predicted octanol–water partition coefficient (Wildman–Crippen LogP) is 0.266. The van der Waals surface area contributed by atoms with Crippen LogP contribution in [-0.4, -0.2) is 38.5 Å². The van der Waals surface area contributed by atoms with E-state index in [9.17, 15) is 9.59 Å². The maximum atomic E-state index is 11.5. The molecule has 0 aliphatic heterocycles. The molecule has 0 bridgehead atoms. The Bertz CT molecular complexity index is 605. The Labute approximate surface area is 102 Å². The lowest BCUT2D eigenvalue weighted by Gasteiger charge is -2.03. The number of nitrogens with one attached hydrogen (secondary N) is 1. The van der Waals surface area contributed by atoms with Crippen LogP contribution in [0.1, 0.15) is 17.3 Å². The molecular weight excluding hydrogens is 236 g/mol. The highest BCUT2D eigenvalue weighted by Gasteiger charge is 2.11. The Morgan fingerprint density at radius 2 is 2.22 bits per heavy atom. The molecule has 0 spiro atoms. The summed E-state index contributed by atoms with van der Waals surface area (Å²) < 4.78 is 1.38. The van der Waals surface area contributed by atoms with Crippen LogP contribution in [0.25, 0.3) is 11.0 Å². The molecule has 18 heavy (non-hydrogen) atoms. The number of carboxylic acid groups (broad SMARTS) is 1. The van der Waals surface area contributed by atoms with Gasteiger partial charge in [-0.25, -0.2) is 9.48 Å². The van der Waals surface area contributed by atoms with Crippen molar-refractivity contribution < 1.29 is 14.7 Å². The van der Waals surface area contributed by atoms with Crippen molar-refractivity contribution in [2.24, 2.45) is 0 Å². The van der Waals surface area contributed by atoms with Gasteiger partial charge in [0, 0.05) is 6.54 Å². The molecule has 7 nitrogen and oxygen atoms in total. The average molecular weight is 248 g/mol. The molecule has 2 rings (SSSR count). The second-order valence-electron chi connectivity index (χ2n) is 3.71. The van der Waals surface area contributed by atoms with Gasteiger partial charge in [-0.1, -0.05) is 5.21 Å². The van der Waals surface area contributed by atoms with Crippen LogP contribution in [0.2, 0.25) is 0 Å². The van der Waals surface area contributed by atoms with Gasteiger partial charge in [0.15, 0.2) is 0 Å². The normalized spacial score (nSPS) is 10.5. The van der Waals surface area contributed by atoms with Gasteiger partial charge in [-0.3, -0.25) is 4.79 Å². The zero-order valence-electron chi connectivity index (χ0n) is 9.75. The first-order chi connectivity index (χ1) is 8.61. The third-order valence-electron chi connectivity index (χ3n) is 2.43. The molecule has 0 atom stereocenters. The highest BCUT2D eigenvalue weighted by molar-refractivity contribution is 5.92. The number of aromatic carboxylic acids is 1. The molecule has 0 radical (unpaired) electrons. The second kappa shape index (κ2) is 4.82. The quantitative estimate of drug-likeness (QED) is 0.809. The van der Waals surface area contributed by atoms with Gasteiger partial charge in [0.2, 0.25) is 5.91 Å². The summed E-state index contributed by atoms with van der Waals surface area (Å²) in [4.78, 5) is 22.3. The molecule has 0 saturated carbocycles. The Morgan fingerprint density at radius 3 is 2.89 bits per heavy atom. The summed E-state index contributed by atoms with van der Waals surface area (Å²) >= 11 is 0. The minimum atomic E-state index is -1.03. The molecule has 1 heterocycles. The van der Waals surface area contributed by atoms with Crippen LogP contribution in [0, 0.1) is 0 Å². The molecule has 0 aliphatic rings. The molecule has 0 fully saturated rings. The van der Waals surface area contributed by atoms with Crippen molar-refractivity contribution in [3.05, 3.63) is 23.8 Å². The van der Waals surface area contributed by atoms with Gasteiger partial charge in [0.1, 0.15) is 12.1 Å². The zero-order valence-corrected chi connectivity index (χ0v) is 9.75. The predicted molar refractivity (Wildman–Crippen MR) is 63.2 cm³/mol. The lowest BCUT2D eigenvalue weighted by Crippen LogP contribution is -2.27. The van der Waals surface area contributed by atoms with Crippen molar-refractivity contribution in [1.82, 2.24) is 20.3 Å². The number of rotatable bonds is 4. The molecular formula is C11H12N4O3. The SMILES string of the molecule is CCNC(=O)Cn1nnc2ccc(C(=O)O)cc21. The van der Waals surface area contributed by atoms with Gasteiger partial charge in [0.25, 0.3) is 0 Å². The molecule has 0 saturated heterocycles. The Morgan fingerprint density at radius 1 is 1.44 bits per heavy atom. The number of carbonyl (C=O) groups excluding carboxylic acids is 1. The van der Waals surface area contributed by atoms with Crippen molar-refractivity contribution in [2.75, 3.05) is 6.54 Å². The van der Waals surface area contributed by atoms with Crippen molar-refractivity contribution in [3.63, 3.8) is 0 Å². The number of amides is 1. The summed E-state index contributed by atoms with van der Waals surface area (Å²) in [5.74, 6) is -1.22. The zero-order chi connectivity index (χ0) is 13.1. The summed E-state index contributed by atoms with van der Waals surface area (Å²) in [6, 6.07) is 4.48. The van der Waals surface area contributed by atoms with Gasteiger partial charge >= 0.3 is 5.97 Å². The van der Waals surface area contributed by atoms with Crippen molar-refractivity contribution in [1.29, 1.82) is 0 Å². The Balaban J connectivity index is 2.36. The third-order valence-corrected chi connectivity index (χ3v) is 2.43. The van der Waals surface area contributed by atoms with E-state index < -0.39 is 5.97 Å². The van der Waals surface area contributed by atoms with E-state index in [1.54, 1.807) is 6.07 Å². The maximum Gasteiger partial charge on any atom is 0.335 e. The number of hydrogen-bond donors (Lipinski definition) is 2. The van der Waals surface area contributed by atoms with Crippen LogP contribution in [0.5, 0.6) is 0 Å². The Hall–Kier alpha value is -2.44. The first kappa shape index (κ1) is 12.0. The third kappa shape index (κ3) is 2.29. The fourth-order valence-corrected chi connectivity index (χ4v) is 1.60. The number of likely N-dealkylation sites (N-methyl/N-ethyl adjacent to an activating group) is 1. The number of carboxylic acids is 1. The smallest absolute Gasteiger partial charge is 0.335 e. The number of benzene rings is 1. The molecule has 7 heteroatoms. The number of hydrogen-bond acceptors (Lipinski definition) is 4. The van der Waals surface area contributed by atoms with Crippen LogP contribution in [0.15, 0.2) is 18.2 Å². The first-order valence-electron chi connectivity index (χ1n) is 5.45. The van der Waals surface area contributed by atoms with E-state index in [0.717, 1.165) is 0 Å². The van der Waals surface area contributed by atoms with Crippen LogP contribution in [-0.2, 0) is 11.3 Å². The van der Waals surface area contributed by atoms with Crippen molar-refractivity contribution >= 4 is 22.9 Å². The largest absolute Gasteiger partial charge is 0.478 e. The summed E-state index contributed by atoms with van der Waals surface area (Å²) in [6.07, 6.45) is 0. The van der Waals surface area contributed by atoms with E-state index in [1.807, 2.05) is 6.92 Å². The van der Waals surface area contributed by atoms with E-state index in [0.29, 0.717) is 17.6 Å². The summed E-state index contributed by atoms with van der Waals surface area (Å²) in [6.45, 7) is 2.37. The van der Waals surface area contributed by atoms with Gasteiger partial charge in [0.05, 0.1) is 11.1 Å². The molecule has 0 aliphatic carbocycles. The fourth-order valence-electron chi connectivity index (χ4n) is 1.60. The monoisotopic (exact) mass is 248 g/mol. The number of aromatic nitrogens is 3. The fraction of sp³-hybridized carbons (Fsp3) is 0.273. The lowest BCUT2D eigenvalue weighted by molar-refractivity contribution is -0.121. The van der Waals surface area contributed by atoms with Gasteiger partial charge in [-0.2, -0.15) is 0 Å². The van der Waals surface area contributed by atoms with E-state index >= 15 is 0 Å². The van der Waals surface area contributed by atoms with Crippen LogP contribution in [0.4, 0.5) is 0 Å². The van der Waals surface area contributed by atoms with Crippen LogP contribution in [0.3, 0.4) is 0 Å². The molecule has 2 aromatic rings. The molecule has 1 aromatic carbocycles. The standard InChI is InChI=1S/C11H12N4O3/c1-2-12-10(16)6-15-9-5-7(11(17)18)3-4-8(9)13-14-15/h3-5H,2,6H2,1H3,(H,12,16)(H,17,18). The highest BCUT2D eigenvalue weighted by Crippen LogP contribution is 2.13. The highest BCUT2D eigenvalue weighted by atomic mass is 16.4. The van der Waals surface area contributed by atoms with E-state index in [1.165, 1.54) is 16.8 Å². The van der Waals surface area contributed by atoms with E-state index in [2.05, 4.69) is 15.6 Å². The van der Waals surface area contributed by atoms with Gasteiger partial charge in [-0.15, -0.1) is 5.10 Å². The molecule has 94 valence electrons. The van der Waals surface area contributed by atoms with Gasteiger partial charge in [-0.05, 0) is 25.1 Å². The minimum Gasteiger partial charge on any atom is -0.478 e. The number of nitrogens with zero attached hydrogens (tertiary/aromatic N) is 3. The topological polar surface area (TPSA) is 97.1 Å². The Kier molecular flexibility index (Phi) is 3.22. The van der Waals surface area contributed by atoms with Gasteiger partial charge < -0.3 is 10.4 Å². The molecule has 0 unspecified atom stereocenters. The molecule has 1 amide bonds. The van der Waals surface area contributed by atoms with Crippen LogP contribution >= 0.6 is 0 Å². The number of carbonyl (C=O) groups is 2. The number of fused-ring (bicyclic) bond motifs is 1. The summed E-state index contributed by atoms with van der Waals surface area (Å²) in [7, 11) is 0. The average Bonchev–Trinajstić information content (AvgIpc) is 2.72. The summed E-state index contributed by atoms with van der Waals surface area (Å²) in [5, 5.41) is 19.3. The summed E-state index contributed by atoms with van der Waals surface area (Å²) in [5.41, 5.74) is 1.23. The molecule has 1 aromatic heterocycles. The second-order valence-corrected chi connectivity index (χ2v) is 3.71. The maximum absolute atomic E-state index is 11.5. The molecule has 2 N–H and O–H groups in total. The van der Waals surface area contributed by atoms with Crippen molar-refractivity contribution in [3.8, 4) is 0 Å². The minimum absolute atomic E-state index is 0.0212.